The highest BCUT2D eigenvalue weighted by molar-refractivity contribution is 9.10. The molecular formula is C16H12BrClFNO. The SMILES string of the molecule is O=C(Nc1c(Cl)cc(F)cc1Br)C1(c2ccccc2)CC1. The summed E-state index contributed by atoms with van der Waals surface area (Å²) in [5.41, 5.74) is 0.917. The van der Waals surface area contributed by atoms with Crippen molar-refractivity contribution >= 4 is 39.1 Å². The van der Waals surface area contributed by atoms with Crippen LogP contribution in [0.5, 0.6) is 0 Å². The van der Waals surface area contributed by atoms with Crippen LogP contribution in [0, 0.1) is 5.82 Å². The molecule has 1 fully saturated rings. The zero-order valence-electron chi connectivity index (χ0n) is 11.0. The number of halogens is 3. The van der Waals surface area contributed by atoms with Gasteiger partial charge in [-0.3, -0.25) is 4.79 Å². The Morgan fingerprint density at radius 1 is 1.24 bits per heavy atom. The van der Waals surface area contributed by atoms with Crippen LogP contribution in [0.1, 0.15) is 18.4 Å². The lowest BCUT2D eigenvalue weighted by Crippen LogP contribution is -2.28. The van der Waals surface area contributed by atoms with Gasteiger partial charge in [0.15, 0.2) is 0 Å². The first kappa shape index (κ1) is 14.5. The highest BCUT2D eigenvalue weighted by Crippen LogP contribution is 2.49. The van der Waals surface area contributed by atoms with Crippen LogP contribution in [0.25, 0.3) is 0 Å². The Balaban J connectivity index is 1.88. The van der Waals surface area contributed by atoms with E-state index in [0.29, 0.717) is 10.2 Å². The molecule has 0 atom stereocenters. The molecule has 3 rings (SSSR count). The van der Waals surface area contributed by atoms with Gasteiger partial charge >= 0.3 is 0 Å². The molecule has 0 bridgehead atoms. The Hall–Kier alpha value is -1.39. The third-order valence-corrected chi connectivity index (χ3v) is 4.68. The van der Waals surface area contributed by atoms with Gasteiger partial charge in [-0.05, 0) is 46.5 Å². The van der Waals surface area contributed by atoms with Crippen molar-refractivity contribution in [3.8, 4) is 0 Å². The fourth-order valence-electron chi connectivity index (χ4n) is 2.42. The van der Waals surface area contributed by atoms with E-state index in [1.165, 1.54) is 12.1 Å². The van der Waals surface area contributed by atoms with Crippen molar-refractivity contribution in [1.82, 2.24) is 0 Å². The van der Waals surface area contributed by atoms with Gasteiger partial charge in [0.25, 0.3) is 0 Å². The number of carbonyl (C=O) groups is 1. The van der Waals surface area contributed by atoms with Crippen molar-refractivity contribution in [1.29, 1.82) is 0 Å². The molecule has 0 spiro atoms. The lowest BCUT2D eigenvalue weighted by Gasteiger charge is -2.17. The van der Waals surface area contributed by atoms with E-state index >= 15 is 0 Å². The van der Waals surface area contributed by atoms with Gasteiger partial charge in [-0.15, -0.1) is 0 Å². The van der Waals surface area contributed by atoms with Crippen molar-refractivity contribution in [3.63, 3.8) is 0 Å². The van der Waals surface area contributed by atoms with Gasteiger partial charge in [0.2, 0.25) is 5.91 Å². The molecule has 108 valence electrons. The Kier molecular flexibility index (Phi) is 3.76. The average Bonchev–Trinajstić information content (AvgIpc) is 3.25. The summed E-state index contributed by atoms with van der Waals surface area (Å²) < 4.78 is 13.7. The lowest BCUT2D eigenvalue weighted by molar-refractivity contribution is -0.118. The number of carbonyl (C=O) groups excluding carboxylic acids is 1. The van der Waals surface area contributed by atoms with Gasteiger partial charge in [0, 0.05) is 4.47 Å². The maximum Gasteiger partial charge on any atom is 0.235 e. The van der Waals surface area contributed by atoms with Crippen LogP contribution in [0.3, 0.4) is 0 Å². The van der Waals surface area contributed by atoms with E-state index in [-0.39, 0.29) is 10.9 Å². The molecule has 0 unspecified atom stereocenters. The monoisotopic (exact) mass is 367 g/mol. The fourth-order valence-corrected chi connectivity index (χ4v) is 3.32. The molecule has 1 saturated carbocycles. The molecule has 5 heteroatoms. The topological polar surface area (TPSA) is 29.1 Å². The molecule has 1 aliphatic rings. The van der Waals surface area contributed by atoms with E-state index in [9.17, 15) is 9.18 Å². The molecule has 2 nitrogen and oxygen atoms in total. The van der Waals surface area contributed by atoms with Gasteiger partial charge in [-0.2, -0.15) is 0 Å². The molecule has 0 heterocycles. The summed E-state index contributed by atoms with van der Waals surface area (Å²) in [6, 6.07) is 12.1. The highest BCUT2D eigenvalue weighted by atomic mass is 79.9. The first-order chi connectivity index (χ1) is 10.0. The number of anilines is 1. The normalized spacial score (nSPS) is 15.6. The van der Waals surface area contributed by atoms with Gasteiger partial charge in [0.05, 0.1) is 16.1 Å². The summed E-state index contributed by atoms with van der Waals surface area (Å²) in [7, 11) is 0. The fraction of sp³-hybridized carbons (Fsp3) is 0.188. The Morgan fingerprint density at radius 2 is 1.90 bits per heavy atom. The van der Waals surface area contributed by atoms with Crippen LogP contribution in [-0.2, 0) is 10.2 Å². The van der Waals surface area contributed by atoms with Crippen LogP contribution < -0.4 is 5.32 Å². The molecule has 1 N–H and O–H groups in total. The Labute approximate surface area is 135 Å². The zero-order valence-corrected chi connectivity index (χ0v) is 13.3. The molecule has 0 aliphatic heterocycles. The number of hydrogen-bond acceptors (Lipinski definition) is 1. The average molecular weight is 369 g/mol. The van der Waals surface area contributed by atoms with Crippen molar-refractivity contribution in [2.45, 2.75) is 18.3 Å². The summed E-state index contributed by atoms with van der Waals surface area (Å²) in [6.45, 7) is 0. The quantitative estimate of drug-likeness (QED) is 0.819. The number of nitrogens with one attached hydrogen (secondary N) is 1. The van der Waals surface area contributed by atoms with E-state index in [0.717, 1.165) is 18.4 Å². The predicted octanol–water partition coefficient (Wildman–Crippen LogP) is 4.91. The Morgan fingerprint density at radius 3 is 2.48 bits per heavy atom. The maximum absolute atomic E-state index is 13.2. The minimum Gasteiger partial charge on any atom is -0.323 e. The summed E-state index contributed by atoms with van der Waals surface area (Å²) in [6.07, 6.45) is 1.61. The van der Waals surface area contributed by atoms with Crippen molar-refractivity contribution in [3.05, 3.63) is 63.3 Å². The number of amides is 1. The van der Waals surface area contributed by atoms with E-state index in [2.05, 4.69) is 21.2 Å². The molecule has 0 aromatic heterocycles. The van der Waals surface area contributed by atoms with Crippen molar-refractivity contribution < 1.29 is 9.18 Å². The predicted molar refractivity (Wildman–Crippen MR) is 85.1 cm³/mol. The largest absolute Gasteiger partial charge is 0.323 e. The molecular weight excluding hydrogens is 357 g/mol. The third-order valence-electron chi connectivity index (χ3n) is 3.76. The molecule has 0 radical (unpaired) electrons. The molecule has 21 heavy (non-hydrogen) atoms. The van der Waals surface area contributed by atoms with E-state index in [1.807, 2.05) is 30.3 Å². The zero-order chi connectivity index (χ0) is 15.0. The number of benzene rings is 2. The van der Waals surface area contributed by atoms with Gasteiger partial charge in [-0.1, -0.05) is 41.9 Å². The molecule has 2 aromatic carbocycles. The lowest BCUT2D eigenvalue weighted by atomic mass is 9.95. The molecule has 1 amide bonds. The second-order valence-electron chi connectivity index (χ2n) is 5.15. The minimum absolute atomic E-state index is 0.108. The molecule has 2 aromatic rings. The second kappa shape index (κ2) is 5.43. The summed E-state index contributed by atoms with van der Waals surface area (Å²) in [4.78, 5) is 12.6. The van der Waals surface area contributed by atoms with Crippen LogP contribution in [0.4, 0.5) is 10.1 Å². The highest BCUT2D eigenvalue weighted by Gasteiger charge is 2.51. The standard InChI is InChI=1S/C16H12BrClFNO/c17-12-8-11(19)9-13(18)14(12)20-15(21)16(6-7-16)10-4-2-1-3-5-10/h1-5,8-9H,6-7H2,(H,20,21). The third kappa shape index (κ3) is 2.70. The van der Waals surface area contributed by atoms with Crippen molar-refractivity contribution in [2.24, 2.45) is 0 Å². The summed E-state index contributed by atoms with van der Waals surface area (Å²) in [5, 5.41) is 3.00. The second-order valence-corrected chi connectivity index (χ2v) is 6.41. The van der Waals surface area contributed by atoms with Crippen LogP contribution in [-0.4, -0.2) is 5.91 Å². The van der Waals surface area contributed by atoms with Crippen LogP contribution in [0.2, 0.25) is 5.02 Å². The van der Waals surface area contributed by atoms with Gasteiger partial charge in [0.1, 0.15) is 5.82 Å². The smallest absolute Gasteiger partial charge is 0.235 e. The minimum atomic E-state index is -0.488. The van der Waals surface area contributed by atoms with E-state index < -0.39 is 11.2 Å². The first-order valence-electron chi connectivity index (χ1n) is 6.54. The summed E-state index contributed by atoms with van der Waals surface area (Å²) >= 11 is 9.24. The van der Waals surface area contributed by atoms with Crippen LogP contribution in [0.15, 0.2) is 46.9 Å². The number of rotatable bonds is 3. The van der Waals surface area contributed by atoms with Gasteiger partial charge in [-0.25, -0.2) is 4.39 Å². The van der Waals surface area contributed by atoms with E-state index in [4.69, 9.17) is 11.6 Å². The molecule has 1 aliphatic carbocycles. The maximum atomic E-state index is 13.2. The van der Waals surface area contributed by atoms with Crippen molar-refractivity contribution in [2.75, 3.05) is 5.32 Å². The van der Waals surface area contributed by atoms with Crippen LogP contribution >= 0.6 is 27.5 Å². The first-order valence-corrected chi connectivity index (χ1v) is 7.71. The van der Waals surface area contributed by atoms with E-state index in [1.54, 1.807) is 0 Å². The van der Waals surface area contributed by atoms with Gasteiger partial charge < -0.3 is 5.32 Å². The summed E-state index contributed by atoms with van der Waals surface area (Å²) in [5.74, 6) is -0.558. The Bertz CT molecular complexity index is 678. The number of hydrogen-bond donors (Lipinski definition) is 1. The molecule has 0 saturated heterocycles.